The van der Waals surface area contributed by atoms with E-state index >= 15 is 0 Å². The molecule has 0 aromatic carbocycles. The van der Waals surface area contributed by atoms with E-state index in [9.17, 15) is 74.7 Å². The molecule has 3 aliphatic rings. The molecule has 27 heteroatoms. The number of ketones is 1. The number of aliphatic hydroxyl groups excluding tert-OH is 9. The first-order chi connectivity index (χ1) is 41.3. The fourth-order valence-corrected chi connectivity index (χ4v) is 10.4. The lowest BCUT2D eigenvalue weighted by molar-refractivity contribution is -0.282. The van der Waals surface area contributed by atoms with Crippen molar-refractivity contribution in [1.29, 1.82) is 0 Å². The second kappa shape index (κ2) is 43.9. The Morgan fingerprint density at radius 1 is 0.419 bits per heavy atom. The molecule has 5 amide bonds. The Kier molecular flexibility index (Phi) is 39.2. The molecule has 0 radical (unpaired) electrons. The van der Waals surface area contributed by atoms with Crippen molar-refractivity contribution in [3.05, 3.63) is 0 Å². The molecular weight excluding hydrogens is 1130 g/mol. The summed E-state index contributed by atoms with van der Waals surface area (Å²) in [5.41, 5.74) is 0. The summed E-state index contributed by atoms with van der Waals surface area (Å²) in [7, 11) is 1.60. The smallest absolute Gasteiger partial charge is 0.223 e. The van der Waals surface area contributed by atoms with Gasteiger partial charge in [0.05, 0.1) is 44.2 Å². The van der Waals surface area contributed by atoms with Gasteiger partial charge in [-0.15, -0.1) is 0 Å². The maximum atomic E-state index is 14.3. The van der Waals surface area contributed by atoms with Crippen LogP contribution in [0.4, 0.5) is 0 Å². The molecule has 0 aromatic rings. The summed E-state index contributed by atoms with van der Waals surface area (Å²) >= 11 is 0. The summed E-state index contributed by atoms with van der Waals surface area (Å²) in [6.07, 6.45) is -4.24. The molecule has 14 N–H and O–H groups in total. The van der Waals surface area contributed by atoms with Crippen LogP contribution in [0.15, 0.2) is 0 Å². The SMILES string of the molecule is COCCCNC(=O)CCCCCNC(=O)C(CCCCNC(=O)CCCCO[C@@H]1OC(CO)[C@H](O)[C@H](O)C1C)CC(=O)C(CCCCNC(=O)CCCCO[C@@H]1OC(CO)[C@H](O)[C@H](O)C1C)NC(=O)CCCCO[C@@H]1OC(CO)[C@H](O)[C@H](O)C1C. The normalized spacial score (nSPS) is 28.3. The quantitative estimate of drug-likeness (QED) is 0.0333. The summed E-state index contributed by atoms with van der Waals surface area (Å²) in [5, 5.41) is 104. The van der Waals surface area contributed by atoms with Crippen molar-refractivity contribution in [2.24, 2.45) is 23.7 Å². The average molecular weight is 1240 g/mol. The summed E-state index contributed by atoms with van der Waals surface area (Å²) in [5.74, 6) is -3.93. The largest absolute Gasteiger partial charge is 0.394 e. The molecular formula is C59H107N5O22. The third kappa shape index (κ3) is 28.5. The van der Waals surface area contributed by atoms with Crippen molar-refractivity contribution < 1.29 is 108 Å². The Morgan fingerprint density at radius 2 is 0.779 bits per heavy atom. The van der Waals surface area contributed by atoms with E-state index in [2.05, 4.69) is 26.6 Å². The number of hydrogen-bond donors (Lipinski definition) is 14. The summed E-state index contributed by atoms with van der Waals surface area (Å²) in [6.45, 7) is 6.13. The van der Waals surface area contributed by atoms with E-state index in [0.717, 1.165) is 0 Å². The van der Waals surface area contributed by atoms with Crippen LogP contribution in [0.2, 0.25) is 0 Å². The molecule has 500 valence electrons. The monoisotopic (exact) mass is 1240 g/mol. The van der Waals surface area contributed by atoms with Crippen molar-refractivity contribution in [1.82, 2.24) is 26.6 Å². The maximum Gasteiger partial charge on any atom is 0.223 e. The number of Topliss-reactive ketones (excluding diaryl/α,β-unsaturated/α-hetero) is 1. The number of rotatable bonds is 46. The van der Waals surface area contributed by atoms with E-state index in [1.165, 1.54) is 0 Å². The highest BCUT2D eigenvalue weighted by molar-refractivity contribution is 5.92. The van der Waals surface area contributed by atoms with Crippen molar-refractivity contribution >= 4 is 35.3 Å². The van der Waals surface area contributed by atoms with Crippen LogP contribution >= 0.6 is 0 Å². The number of aliphatic hydroxyl groups is 9. The predicted octanol–water partition coefficient (Wildman–Crippen LogP) is -0.765. The van der Waals surface area contributed by atoms with Gasteiger partial charge in [-0.25, -0.2) is 0 Å². The number of ether oxygens (including phenoxy) is 7. The number of nitrogens with one attached hydrogen (secondary N) is 5. The van der Waals surface area contributed by atoms with Crippen LogP contribution in [0.5, 0.6) is 0 Å². The number of amides is 5. The molecule has 86 heavy (non-hydrogen) atoms. The standard InChI is InChI=1S/C59H107N5O22/c1-37-50(73)53(76)43(34-65)84-57(37)81-30-15-9-22-47(70)60-25-13-7-19-40(56(79)63-27-12-5-6-21-46(69)62-28-18-29-80-4)33-42(68)41(64-49(72)24-11-17-32-83-59-39(3)52(75)55(78)45(36-67)86-59)20-8-14-26-61-48(71)23-10-16-31-82-58-38(2)51(74)54(77)44(35-66)85-58/h37-41,43-45,50-55,57-59,65-67,73-78H,5-36H2,1-4H3,(H,60,70)(H,61,71)(H,62,69)(H,63,79)(H,64,72)/t37?,38?,39?,40?,41?,43?,44?,45?,50-,51-,52-,53+,54+,55+,57-,58-,59-/m1/s1. The van der Waals surface area contributed by atoms with E-state index in [1.807, 2.05) is 0 Å². The van der Waals surface area contributed by atoms with Gasteiger partial charge >= 0.3 is 0 Å². The van der Waals surface area contributed by atoms with Gasteiger partial charge < -0.3 is 106 Å². The molecule has 17 atom stereocenters. The molecule has 8 unspecified atom stereocenters. The van der Waals surface area contributed by atoms with Gasteiger partial charge in [0.15, 0.2) is 24.7 Å². The van der Waals surface area contributed by atoms with Gasteiger partial charge in [0.2, 0.25) is 29.5 Å². The van der Waals surface area contributed by atoms with E-state index in [0.29, 0.717) is 136 Å². The van der Waals surface area contributed by atoms with Gasteiger partial charge in [-0.2, -0.15) is 0 Å². The molecule has 0 saturated carbocycles. The average Bonchev–Trinajstić information content (AvgIpc) is 2.45. The van der Waals surface area contributed by atoms with Crippen LogP contribution in [-0.4, -0.2) is 241 Å². The molecule has 3 saturated heterocycles. The second-order valence-corrected chi connectivity index (χ2v) is 23.2. The van der Waals surface area contributed by atoms with E-state index < -0.39 is 129 Å². The summed E-state index contributed by atoms with van der Waals surface area (Å²) in [6, 6.07) is -0.960. The molecule has 3 fully saturated rings. The Labute approximate surface area is 507 Å². The fourth-order valence-electron chi connectivity index (χ4n) is 10.4. The molecule has 0 aliphatic carbocycles. The summed E-state index contributed by atoms with van der Waals surface area (Å²) in [4.78, 5) is 79.5. The Hall–Kier alpha value is -3.62. The van der Waals surface area contributed by atoms with Gasteiger partial charge in [-0.05, 0) is 89.9 Å². The molecule has 27 nitrogen and oxygen atoms in total. The number of methoxy groups -OCH3 is 1. The van der Waals surface area contributed by atoms with E-state index in [4.69, 9.17) is 33.2 Å². The maximum absolute atomic E-state index is 14.3. The van der Waals surface area contributed by atoms with Crippen molar-refractivity contribution in [2.75, 3.05) is 79.5 Å². The third-order valence-electron chi connectivity index (χ3n) is 16.1. The van der Waals surface area contributed by atoms with E-state index in [1.54, 1.807) is 27.9 Å². The molecule has 3 aliphatic heterocycles. The molecule has 0 bridgehead atoms. The lowest BCUT2D eigenvalue weighted by Gasteiger charge is -2.40. The van der Waals surface area contributed by atoms with Crippen LogP contribution in [-0.2, 0) is 61.9 Å². The Bertz CT molecular complexity index is 1910. The van der Waals surface area contributed by atoms with Gasteiger partial charge in [-0.1, -0.05) is 33.6 Å². The minimum absolute atomic E-state index is 0.0348. The highest BCUT2D eigenvalue weighted by atomic mass is 16.7. The molecule has 3 rings (SSSR count). The zero-order chi connectivity index (χ0) is 63.4. The van der Waals surface area contributed by atoms with Crippen LogP contribution in [0.3, 0.4) is 0 Å². The highest BCUT2D eigenvalue weighted by Gasteiger charge is 2.45. The van der Waals surface area contributed by atoms with Crippen LogP contribution < -0.4 is 26.6 Å². The van der Waals surface area contributed by atoms with Crippen LogP contribution in [0.25, 0.3) is 0 Å². The van der Waals surface area contributed by atoms with Gasteiger partial charge in [-0.3, -0.25) is 28.8 Å². The summed E-state index contributed by atoms with van der Waals surface area (Å²) < 4.78 is 39.2. The van der Waals surface area contributed by atoms with Crippen LogP contribution in [0, 0.1) is 23.7 Å². The minimum Gasteiger partial charge on any atom is -0.394 e. The first-order valence-electron chi connectivity index (χ1n) is 31.4. The first-order valence-corrected chi connectivity index (χ1v) is 31.4. The zero-order valence-electron chi connectivity index (χ0n) is 51.3. The molecule has 0 spiro atoms. The number of carbonyl (C=O) groups is 6. The Balaban J connectivity index is 1.57. The second-order valence-electron chi connectivity index (χ2n) is 23.2. The van der Waals surface area contributed by atoms with Gasteiger partial charge in [0.1, 0.15) is 36.6 Å². The van der Waals surface area contributed by atoms with Crippen LogP contribution in [0.1, 0.15) is 156 Å². The van der Waals surface area contributed by atoms with Crippen molar-refractivity contribution in [3.8, 4) is 0 Å². The zero-order valence-corrected chi connectivity index (χ0v) is 51.3. The lowest BCUT2D eigenvalue weighted by atomic mass is 9.91. The highest BCUT2D eigenvalue weighted by Crippen LogP contribution is 2.30. The van der Waals surface area contributed by atoms with Crippen molar-refractivity contribution in [3.63, 3.8) is 0 Å². The molecule has 0 aromatic heterocycles. The fraction of sp³-hybridized carbons (Fsp3) is 0.898. The van der Waals surface area contributed by atoms with Gasteiger partial charge in [0, 0.05) is 115 Å². The third-order valence-corrected chi connectivity index (χ3v) is 16.1. The van der Waals surface area contributed by atoms with Gasteiger partial charge in [0.25, 0.3) is 0 Å². The topological polar surface area (TPSA) is 409 Å². The molecule has 3 heterocycles. The number of carbonyl (C=O) groups excluding carboxylic acids is 6. The predicted molar refractivity (Wildman–Crippen MR) is 310 cm³/mol. The Morgan fingerprint density at radius 3 is 1.19 bits per heavy atom. The van der Waals surface area contributed by atoms with E-state index in [-0.39, 0.29) is 81.3 Å². The first kappa shape index (κ1) is 76.6. The number of unbranched alkanes of at least 4 members (excludes halogenated alkanes) is 7. The minimum atomic E-state index is -1.27. The number of hydrogen-bond acceptors (Lipinski definition) is 22. The lowest BCUT2D eigenvalue weighted by Crippen LogP contribution is -2.55. The van der Waals surface area contributed by atoms with Crippen molar-refractivity contribution in [2.45, 2.75) is 235 Å².